The number of nitrogens with zero attached hydrogens (tertiary/aromatic N) is 2. The van der Waals surface area contributed by atoms with Crippen LogP contribution in [0.5, 0.6) is 0 Å². The lowest BCUT2D eigenvalue weighted by Crippen LogP contribution is -2.37. The molecule has 2 N–H and O–H groups in total. The molecule has 0 saturated heterocycles. The molecule has 1 aromatic carbocycles. The van der Waals surface area contributed by atoms with Gasteiger partial charge in [0.15, 0.2) is 0 Å². The van der Waals surface area contributed by atoms with Crippen molar-refractivity contribution >= 4 is 48.9 Å². The maximum atomic E-state index is 12.7. The summed E-state index contributed by atoms with van der Waals surface area (Å²) in [7, 11) is 0. The van der Waals surface area contributed by atoms with E-state index < -0.39 is 0 Å². The van der Waals surface area contributed by atoms with Gasteiger partial charge in [0.05, 0.1) is 18.2 Å². The maximum absolute atomic E-state index is 12.7. The number of hydrogen-bond donors (Lipinski definition) is 1. The van der Waals surface area contributed by atoms with Gasteiger partial charge in [-0.2, -0.15) is 5.26 Å². The van der Waals surface area contributed by atoms with Crippen molar-refractivity contribution in [3.8, 4) is 6.07 Å². The number of halogens is 1. The Morgan fingerprint density at radius 3 is 2.81 bits per heavy atom. The van der Waals surface area contributed by atoms with E-state index in [0.717, 1.165) is 14.6 Å². The topological polar surface area (TPSA) is 70.1 Å². The molecule has 2 aromatic rings. The predicted octanol–water partition coefficient (Wildman–Crippen LogP) is 4.01. The van der Waals surface area contributed by atoms with Gasteiger partial charge in [0.1, 0.15) is 4.88 Å². The lowest BCUT2D eigenvalue weighted by molar-refractivity contribution is 0.0716. The number of carbonyl (C=O) groups is 1. The summed E-state index contributed by atoms with van der Waals surface area (Å²) in [6.07, 6.45) is 0.318. The third kappa shape index (κ3) is 3.04. The highest BCUT2D eigenvalue weighted by Crippen LogP contribution is 2.38. The van der Waals surface area contributed by atoms with Crippen LogP contribution in [0.25, 0.3) is 10.1 Å². The Labute approximate surface area is 136 Å². The number of nitrogens with two attached hydrogens (primary N) is 1. The van der Waals surface area contributed by atoms with Gasteiger partial charge < -0.3 is 10.6 Å². The van der Waals surface area contributed by atoms with Gasteiger partial charge >= 0.3 is 0 Å². The molecule has 2 rings (SSSR count). The number of rotatable bonds is 4. The molecule has 1 aromatic heterocycles. The van der Waals surface area contributed by atoms with Gasteiger partial charge in [-0.05, 0) is 26.0 Å². The molecule has 0 spiro atoms. The molecule has 6 heteroatoms. The van der Waals surface area contributed by atoms with Gasteiger partial charge in [0, 0.05) is 27.1 Å². The molecule has 1 amide bonds. The summed E-state index contributed by atoms with van der Waals surface area (Å²) in [6, 6.07) is 7.89. The smallest absolute Gasteiger partial charge is 0.266 e. The van der Waals surface area contributed by atoms with Crippen molar-refractivity contribution in [2.24, 2.45) is 0 Å². The summed E-state index contributed by atoms with van der Waals surface area (Å²) in [5, 5.41) is 9.62. The number of hydrogen-bond acceptors (Lipinski definition) is 4. The van der Waals surface area contributed by atoms with E-state index in [0.29, 0.717) is 23.5 Å². The molecule has 0 bridgehead atoms. The number of thiophene rings is 1. The summed E-state index contributed by atoms with van der Waals surface area (Å²) in [5.74, 6) is -0.106. The van der Waals surface area contributed by atoms with Gasteiger partial charge in [-0.15, -0.1) is 11.3 Å². The van der Waals surface area contributed by atoms with E-state index in [1.807, 2.05) is 32.0 Å². The minimum absolute atomic E-state index is 0.0268. The summed E-state index contributed by atoms with van der Waals surface area (Å²) < 4.78 is 1.87. The van der Waals surface area contributed by atoms with Crippen LogP contribution in [0.4, 0.5) is 5.69 Å². The molecular weight excluding hydrogens is 350 g/mol. The molecule has 110 valence electrons. The highest BCUT2D eigenvalue weighted by molar-refractivity contribution is 9.10. The van der Waals surface area contributed by atoms with Gasteiger partial charge in [-0.1, -0.05) is 22.0 Å². The third-order valence-corrected chi connectivity index (χ3v) is 5.06. The Hall–Kier alpha value is -1.58. The Morgan fingerprint density at radius 2 is 2.24 bits per heavy atom. The summed E-state index contributed by atoms with van der Waals surface area (Å²) >= 11 is 4.87. The van der Waals surface area contributed by atoms with Crippen LogP contribution in [-0.2, 0) is 0 Å². The highest BCUT2D eigenvalue weighted by atomic mass is 79.9. The zero-order valence-corrected chi connectivity index (χ0v) is 14.3. The van der Waals surface area contributed by atoms with Crippen LogP contribution < -0.4 is 5.73 Å². The number of benzene rings is 1. The van der Waals surface area contributed by atoms with Crippen LogP contribution in [0.2, 0.25) is 0 Å². The first-order valence-electron chi connectivity index (χ1n) is 6.61. The van der Waals surface area contributed by atoms with Crippen molar-refractivity contribution in [3.63, 3.8) is 0 Å². The van der Waals surface area contributed by atoms with E-state index in [-0.39, 0.29) is 11.9 Å². The van der Waals surface area contributed by atoms with Crippen molar-refractivity contribution in [2.75, 3.05) is 12.3 Å². The standard InChI is InChI=1S/C15H16BrN3OS/c1-9(2)19(8-4-7-17)15(20)14-13(18)12-10(16)5-3-6-11(12)21-14/h3,5-6,9H,4,8,18H2,1-2H3. The Balaban J connectivity index is 2.45. The fourth-order valence-corrected chi connectivity index (χ4v) is 4.00. The first kappa shape index (κ1) is 15.8. The minimum atomic E-state index is -0.106. The number of nitriles is 1. The van der Waals surface area contributed by atoms with Crippen molar-refractivity contribution in [1.82, 2.24) is 4.90 Å². The molecule has 0 fully saturated rings. The monoisotopic (exact) mass is 365 g/mol. The highest BCUT2D eigenvalue weighted by Gasteiger charge is 2.24. The molecule has 1 heterocycles. The van der Waals surface area contributed by atoms with Gasteiger partial charge in [0.2, 0.25) is 0 Å². The fourth-order valence-electron chi connectivity index (χ4n) is 2.18. The first-order chi connectivity index (χ1) is 9.97. The molecule has 0 atom stereocenters. The zero-order chi connectivity index (χ0) is 15.6. The van der Waals surface area contributed by atoms with Crippen LogP contribution in [-0.4, -0.2) is 23.4 Å². The lowest BCUT2D eigenvalue weighted by atomic mass is 10.2. The number of fused-ring (bicyclic) bond motifs is 1. The fraction of sp³-hybridized carbons (Fsp3) is 0.333. The van der Waals surface area contributed by atoms with Crippen LogP contribution in [0.15, 0.2) is 22.7 Å². The Bertz CT molecular complexity index is 718. The van der Waals surface area contributed by atoms with E-state index in [9.17, 15) is 4.79 Å². The molecule has 21 heavy (non-hydrogen) atoms. The maximum Gasteiger partial charge on any atom is 0.266 e. The second-order valence-corrected chi connectivity index (χ2v) is 6.86. The van der Waals surface area contributed by atoms with Crippen LogP contribution >= 0.6 is 27.3 Å². The van der Waals surface area contributed by atoms with Crippen LogP contribution in [0, 0.1) is 11.3 Å². The van der Waals surface area contributed by atoms with Crippen molar-refractivity contribution < 1.29 is 4.79 Å². The molecule has 4 nitrogen and oxygen atoms in total. The largest absolute Gasteiger partial charge is 0.397 e. The average Bonchev–Trinajstić information content (AvgIpc) is 2.77. The van der Waals surface area contributed by atoms with Crippen molar-refractivity contribution in [2.45, 2.75) is 26.3 Å². The Morgan fingerprint density at radius 1 is 1.52 bits per heavy atom. The Kier molecular flexibility index (Phi) is 4.86. The molecule has 0 saturated carbocycles. The van der Waals surface area contributed by atoms with Crippen LogP contribution in [0.1, 0.15) is 29.9 Å². The predicted molar refractivity (Wildman–Crippen MR) is 90.3 cm³/mol. The lowest BCUT2D eigenvalue weighted by Gasteiger charge is -2.25. The quantitative estimate of drug-likeness (QED) is 0.889. The summed E-state index contributed by atoms with van der Waals surface area (Å²) in [5.41, 5.74) is 6.68. The first-order valence-corrected chi connectivity index (χ1v) is 8.22. The second kappa shape index (κ2) is 6.46. The third-order valence-electron chi connectivity index (χ3n) is 3.24. The van der Waals surface area contributed by atoms with E-state index >= 15 is 0 Å². The zero-order valence-electron chi connectivity index (χ0n) is 11.9. The molecular formula is C15H16BrN3OS. The van der Waals surface area contributed by atoms with Gasteiger partial charge in [-0.3, -0.25) is 4.79 Å². The van der Waals surface area contributed by atoms with Crippen LogP contribution in [0.3, 0.4) is 0 Å². The van der Waals surface area contributed by atoms with E-state index in [1.54, 1.807) is 4.90 Å². The average molecular weight is 366 g/mol. The number of nitrogen functional groups attached to an aromatic ring is 1. The summed E-state index contributed by atoms with van der Waals surface area (Å²) in [6.45, 7) is 4.30. The number of amides is 1. The van der Waals surface area contributed by atoms with Crippen molar-refractivity contribution in [3.05, 3.63) is 27.5 Å². The molecule has 0 aliphatic carbocycles. The number of carbonyl (C=O) groups excluding carboxylic acids is 1. The minimum Gasteiger partial charge on any atom is -0.397 e. The van der Waals surface area contributed by atoms with Gasteiger partial charge in [-0.25, -0.2) is 0 Å². The number of anilines is 1. The van der Waals surface area contributed by atoms with Crippen molar-refractivity contribution in [1.29, 1.82) is 5.26 Å². The normalized spacial score (nSPS) is 10.8. The second-order valence-electron chi connectivity index (χ2n) is 4.96. The van der Waals surface area contributed by atoms with E-state index in [4.69, 9.17) is 11.0 Å². The SMILES string of the molecule is CC(C)N(CCC#N)C(=O)c1sc2cccc(Br)c2c1N. The molecule has 0 radical (unpaired) electrons. The summed E-state index contributed by atoms with van der Waals surface area (Å²) in [4.78, 5) is 15.0. The molecule has 0 unspecified atom stereocenters. The molecule has 0 aliphatic rings. The van der Waals surface area contributed by atoms with E-state index in [2.05, 4.69) is 22.0 Å². The van der Waals surface area contributed by atoms with Gasteiger partial charge in [0.25, 0.3) is 5.91 Å². The van der Waals surface area contributed by atoms with E-state index in [1.165, 1.54) is 11.3 Å². The molecule has 0 aliphatic heterocycles.